The van der Waals surface area contributed by atoms with Crippen LogP contribution in [0.25, 0.3) is 0 Å². The molecule has 2 unspecified atom stereocenters. The maximum absolute atomic E-state index is 12.6. The summed E-state index contributed by atoms with van der Waals surface area (Å²) >= 11 is 0. The molecule has 0 amide bonds. The first kappa shape index (κ1) is 53.7. The first-order chi connectivity index (χ1) is 27.5. The number of nitrogens with zero attached hydrogens (tertiary/aromatic N) is 1. The lowest BCUT2D eigenvalue weighted by Gasteiger charge is -2.24. The minimum Gasteiger partial charge on any atom is -0.462 e. The number of rotatable bonds is 36. The summed E-state index contributed by atoms with van der Waals surface area (Å²) in [5.74, 6) is -0.907. The van der Waals surface area contributed by atoms with Crippen LogP contribution in [0.1, 0.15) is 123 Å². The van der Waals surface area contributed by atoms with Gasteiger partial charge in [-0.1, -0.05) is 142 Å². The van der Waals surface area contributed by atoms with Crippen LogP contribution in [-0.4, -0.2) is 74.9 Å². The van der Waals surface area contributed by atoms with Crippen molar-refractivity contribution < 1.29 is 42.1 Å². The van der Waals surface area contributed by atoms with Crippen molar-refractivity contribution in [3.63, 3.8) is 0 Å². The molecule has 0 aliphatic rings. The van der Waals surface area contributed by atoms with Crippen molar-refractivity contribution in [3.05, 3.63) is 109 Å². The van der Waals surface area contributed by atoms with Crippen LogP contribution in [0.3, 0.4) is 0 Å². The summed E-state index contributed by atoms with van der Waals surface area (Å²) in [6, 6.07) is 0. The fraction of sp³-hybridized carbons (Fsp3) is 0.574. The molecule has 2 atom stereocenters. The van der Waals surface area contributed by atoms with Gasteiger partial charge in [-0.3, -0.25) is 18.6 Å². The third-order valence-corrected chi connectivity index (χ3v) is 9.09. The fourth-order valence-electron chi connectivity index (χ4n) is 4.85. The van der Waals surface area contributed by atoms with Gasteiger partial charge in [0.2, 0.25) is 0 Å². The number of unbranched alkanes of at least 4 members (excludes halogenated alkanes) is 6. The second kappa shape index (κ2) is 38.2. The molecule has 0 saturated heterocycles. The number of phosphoric acid groups is 1. The van der Waals surface area contributed by atoms with E-state index in [1.807, 2.05) is 45.4 Å². The lowest BCUT2D eigenvalue weighted by atomic mass is 10.1. The zero-order chi connectivity index (χ0) is 42.1. The van der Waals surface area contributed by atoms with Gasteiger partial charge >= 0.3 is 19.8 Å². The first-order valence-electron chi connectivity index (χ1n) is 21.1. The van der Waals surface area contributed by atoms with E-state index in [2.05, 4.69) is 98.9 Å². The molecule has 0 bridgehead atoms. The SMILES string of the molecule is CC/C=C/C=C/C=C/CCCCCCCC(=O)OC(COC(=O)CCC/C=C/C/C=C/C/C=C/C/C=C/C/C=C/C/C=C/CC)COP(=O)(O)OCC[N+](C)(C)C. The number of quaternary nitrogens is 1. The molecule has 9 nitrogen and oxygen atoms in total. The Balaban J connectivity index is 4.52. The Morgan fingerprint density at radius 1 is 0.561 bits per heavy atom. The van der Waals surface area contributed by atoms with Gasteiger partial charge in [0.15, 0.2) is 6.10 Å². The molecule has 322 valence electrons. The van der Waals surface area contributed by atoms with Gasteiger partial charge in [0, 0.05) is 12.8 Å². The molecule has 0 radical (unpaired) electrons. The molecule has 0 aromatic rings. The number of carbonyl (C=O) groups is 2. The number of phosphoric ester groups is 1. The molecular weight excluding hydrogens is 737 g/mol. The molecule has 0 aromatic heterocycles. The minimum absolute atomic E-state index is 0.0114. The van der Waals surface area contributed by atoms with Gasteiger partial charge in [-0.25, -0.2) is 4.57 Å². The normalized spacial score (nSPS) is 14.7. The fourth-order valence-corrected chi connectivity index (χ4v) is 5.59. The molecule has 1 N–H and O–H groups in total. The number of esters is 2. The Bertz CT molecular complexity index is 1330. The van der Waals surface area contributed by atoms with Gasteiger partial charge in [-0.15, -0.1) is 0 Å². The smallest absolute Gasteiger partial charge is 0.462 e. The Morgan fingerprint density at radius 2 is 1.05 bits per heavy atom. The van der Waals surface area contributed by atoms with Crippen LogP contribution in [0.5, 0.6) is 0 Å². The van der Waals surface area contributed by atoms with E-state index in [-0.39, 0.29) is 26.1 Å². The lowest BCUT2D eigenvalue weighted by molar-refractivity contribution is -0.870. The third kappa shape index (κ3) is 42.1. The summed E-state index contributed by atoms with van der Waals surface area (Å²) in [5, 5.41) is 0. The summed E-state index contributed by atoms with van der Waals surface area (Å²) in [6.07, 6.45) is 51.5. The molecule has 10 heteroatoms. The van der Waals surface area contributed by atoms with Crippen LogP contribution >= 0.6 is 7.82 Å². The molecule has 0 fully saturated rings. The van der Waals surface area contributed by atoms with Crippen LogP contribution in [0, 0.1) is 0 Å². The van der Waals surface area contributed by atoms with E-state index in [0.29, 0.717) is 23.9 Å². The van der Waals surface area contributed by atoms with Crippen LogP contribution < -0.4 is 0 Å². The summed E-state index contributed by atoms with van der Waals surface area (Å²) < 4.78 is 34.2. The van der Waals surface area contributed by atoms with E-state index >= 15 is 0 Å². The highest BCUT2D eigenvalue weighted by molar-refractivity contribution is 7.47. The third-order valence-electron chi connectivity index (χ3n) is 8.11. The van der Waals surface area contributed by atoms with Gasteiger partial charge in [-0.2, -0.15) is 0 Å². The number of carbonyl (C=O) groups excluding carboxylic acids is 2. The molecular formula is C47H77NO8P+. The molecule has 0 rings (SSSR count). The molecule has 57 heavy (non-hydrogen) atoms. The highest BCUT2D eigenvalue weighted by Gasteiger charge is 2.27. The van der Waals surface area contributed by atoms with E-state index in [4.69, 9.17) is 18.5 Å². The van der Waals surface area contributed by atoms with E-state index in [1.54, 1.807) is 0 Å². The van der Waals surface area contributed by atoms with E-state index in [1.165, 1.54) is 0 Å². The Morgan fingerprint density at radius 3 is 1.63 bits per heavy atom. The van der Waals surface area contributed by atoms with Crippen LogP contribution in [0.4, 0.5) is 0 Å². The summed E-state index contributed by atoms with van der Waals surface area (Å²) in [5.41, 5.74) is 0. The van der Waals surface area contributed by atoms with Gasteiger partial charge in [0.05, 0.1) is 27.7 Å². The molecule has 0 aliphatic carbocycles. The van der Waals surface area contributed by atoms with E-state index < -0.39 is 32.5 Å². The average molecular weight is 815 g/mol. The topological polar surface area (TPSA) is 108 Å². The highest BCUT2D eigenvalue weighted by atomic mass is 31.2. The zero-order valence-electron chi connectivity index (χ0n) is 36.0. The Labute approximate surface area is 346 Å². The van der Waals surface area contributed by atoms with Crippen molar-refractivity contribution >= 4 is 19.8 Å². The number of hydrogen-bond acceptors (Lipinski definition) is 7. The Hall–Kier alpha value is -3.33. The predicted molar refractivity (Wildman–Crippen MR) is 238 cm³/mol. The second-order valence-corrected chi connectivity index (χ2v) is 16.1. The minimum atomic E-state index is -4.40. The van der Waals surface area contributed by atoms with E-state index in [9.17, 15) is 19.0 Å². The van der Waals surface area contributed by atoms with Gasteiger partial charge < -0.3 is 18.9 Å². The van der Waals surface area contributed by atoms with Crippen molar-refractivity contribution in [1.29, 1.82) is 0 Å². The van der Waals surface area contributed by atoms with Crippen LogP contribution in [0.15, 0.2) is 109 Å². The maximum Gasteiger partial charge on any atom is 0.472 e. The van der Waals surface area contributed by atoms with Crippen molar-refractivity contribution in [2.24, 2.45) is 0 Å². The summed E-state index contributed by atoms with van der Waals surface area (Å²) in [6.45, 7) is 4.04. The van der Waals surface area contributed by atoms with Crippen molar-refractivity contribution in [2.75, 3.05) is 47.5 Å². The predicted octanol–water partition coefficient (Wildman–Crippen LogP) is 12.0. The van der Waals surface area contributed by atoms with Gasteiger partial charge in [0.25, 0.3) is 0 Å². The number of allylic oxidation sites excluding steroid dienone is 18. The molecule has 0 heterocycles. The maximum atomic E-state index is 12.6. The second-order valence-electron chi connectivity index (χ2n) is 14.7. The standard InChI is InChI=1S/C47H76NO8P/c1-6-8-10-12-14-16-18-20-21-22-23-24-25-26-28-29-31-33-35-37-39-46(49)53-43-45(44-55-57(51,52)54-42-41-48(3,4)5)56-47(50)40-38-36-34-32-30-27-19-17-15-13-11-9-7-2/h8-11,13-17,19-21,23-24,26,28,31,33,45H,6-7,12,18,22,25,27,29-30,32,34-44H2,1-5H3/p+1/b10-8+,11-9+,15-13+,16-14+,19-17+,21-20+,24-23+,28-26+,33-31+. The van der Waals surface area contributed by atoms with Crippen LogP contribution in [-0.2, 0) is 32.7 Å². The van der Waals surface area contributed by atoms with Gasteiger partial charge in [0.1, 0.15) is 19.8 Å². The number of ether oxygens (including phenoxy) is 2. The summed E-state index contributed by atoms with van der Waals surface area (Å²) in [4.78, 5) is 35.3. The summed E-state index contributed by atoms with van der Waals surface area (Å²) in [7, 11) is 1.41. The largest absolute Gasteiger partial charge is 0.472 e. The quantitative estimate of drug-likeness (QED) is 0.0166. The highest BCUT2D eigenvalue weighted by Crippen LogP contribution is 2.43. The zero-order valence-corrected chi connectivity index (χ0v) is 36.9. The molecule has 0 aliphatic heterocycles. The van der Waals surface area contributed by atoms with Crippen molar-refractivity contribution in [3.8, 4) is 0 Å². The van der Waals surface area contributed by atoms with E-state index in [0.717, 1.165) is 83.5 Å². The lowest BCUT2D eigenvalue weighted by Crippen LogP contribution is -2.37. The number of likely N-dealkylation sites (N-methyl/N-ethyl adjacent to an activating group) is 1. The van der Waals surface area contributed by atoms with Crippen molar-refractivity contribution in [2.45, 2.75) is 129 Å². The Kier molecular flexibility index (Phi) is 36.0. The average Bonchev–Trinajstić information content (AvgIpc) is 3.16. The first-order valence-corrected chi connectivity index (χ1v) is 22.6. The molecule has 0 spiro atoms. The number of hydrogen-bond donors (Lipinski definition) is 1. The van der Waals surface area contributed by atoms with Crippen LogP contribution in [0.2, 0.25) is 0 Å². The van der Waals surface area contributed by atoms with Gasteiger partial charge in [-0.05, 0) is 77.0 Å². The van der Waals surface area contributed by atoms with Crippen molar-refractivity contribution in [1.82, 2.24) is 0 Å². The molecule has 0 aromatic carbocycles. The monoisotopic (exact) mass is 815 g/mol. The molecule has 0 saturated carbocycles.